The molecule has 1 aliphatic carbocycles. The molecule has 1 saturated carbocycles. The van der Waals surface area contributed by atoms with Crippen LogP contribution in [-0.2, 0) is 6.54 Å². The fraction of sp³-hybridized carbons (Fsp3) is 0.571. The highest BCUT2D eigenvalue weighted by Crippen LogP contribution is 2.27. The topological polar surface area (TPSA) is 32.3 Å². The molecule has 0 bridgehead atoms. The first-order chi connectivity index (χ1) is 8.27. The molecule has 0 spiro atoms. The van der Waals surface area contributed by atoms with Crippen LogP contribution < -0.4 is 5.32 Å². The number of rotatable bonds is 5. The number of hydrogen-bond acceptors (Lipinski definition) is 2. The van der Waals surface area contributed by atoms with Gasteiger partial charge in [0.1, 0.15) is 0 Å². The lowest BCUT2D eigenvalue weighted by molar-refractivity contribution is 0.420. The lowest BCUT2D eigenvalue weighted by Gasteiger charge is -2.10. The van der Waals surface area contributed by atoms with Gasteiger partial charge in [-0.05, 0) is 24.9 Å². The van der Waals surface area contributed by atoms with Crippen molar-refractivity contribution in [3.8, 4) is 5.75 Å². The number of phenols is 1. The second-order valence-electron chi connectivity index (χ2n) is 4.86. The van der Waals surface area contributed by atoms with Crippen LogP contribution in [0.3, 0.4) is 0 Å². The molecule has 2 nitrogen and oxygen atoms in total. The molecular formula is C14H20FNO. The van der Waals surface area contributed by atoms with Gasteiger partial charge in [-0.25, -0.2) is 4.39 Å². The zero-order valence-electron chi connectivity index (χ0n) is 10.1. The maximum absolute atomic E-state index is 13.1. The molecule has 0 saturated heterocycles. The number of hydrogen-bond donors (Lipinski definition) is 2. The first kappa shape index (κ1) is 12.4. The van der Waals surface area contributed by atoms with Gasteiger partial charge in [0.25, 0.3) is 0 Å². The van der Waals surface area contributed by atoms with Gasteiger partial charge in [0, 0.05) is 12.1 Å². The Balaban J connectivity index is 1.72. The predicted octanol–water partition coefficient (Wildman–Crippen LogP) is 3.20. The normalized spacial score (nSPS) is 16.5. The van der Waals surface area contributed by atoms with Crippen LogP contribution in [-0.4, -0.2) is 11.7 Å². The van der Waals surface area contributed by atoms with Crippen LogP contribution in [0.4, 0.5) is 4.39 Å². The summed E-state index contributed by atoms with van der Waals surface area (Å²) in [6.07, 6.45) is 6.64. The summed E-state index contributed by atoms with van der Waals surface area (Å²) in [6, 6.07) is 4.65. The Kier molecular flexibility index (Phi) is 4.37. The summed E-state index contributed by atoms with van der Waals surface area (Å²) in [5.74, 6) is 0.101. The van der Waals surface area contributed by atoms with Crippen LogP contribution in [0.2, 0.25) is 0 Å². The second-order valence-corrected chi connectivity index (χ2v) is 4.86. The number of halogens is 1. The Labute approximate surface area is 102 Å². The fourth-order valence-corrected chi connectivity index (χ4v) is 2.53. The SMILES string of the molecule is Oc1c(F)cccc1CNCCC1CCCC1. The van der Waals surface area contributed by atoms with Crippen molar-refractivity contribution >= 4 is 0 Å². The molecule has 0 amide bonds. The lowest BCUT2D eigenvalue weighted by Crippen LogP contribution is -2.17. The number of benzene rings is 1. The Morgan fingerprint density at radius 1 is 1.29 bits per heavy atom. The van der Waals surface area contributed by atoms with Crippen molar-refractivity contribution in [1.29, 1.82) is 0 Å². The Bertz CT molecular complexity index is 361. The van der Waals surface area contributed by atoms with E-state index in [1.165, 1.54) is 38.2 Å². The zero-order chi connectivity index (χ0) is 12.1. The molecule has 0 unspecified atom stereocenters. The van der Waals surface area contributed by atoms with Crippen molar-refractivity contribution in [2.45, 2.75) is 38.6 Å². The summed E-state index contributed by atoms with van der Waals surface area (Å²) in [4.78, 5) is 0. The minimum Gasteiger partial charge on any atom is -0.505 e. The summed E-state index contributed by atoms with van der Waals surface area (Å²) in [6.45, 7) is 1.48. The van der Waals surface area contributed by atoms with Gasteiger partial charge in [-0.3, -0.25) is 0 Å². The van der Waals surface area contributed by atoms with Crippen LogP contribution in [0.15, 0.2) is 18.2 Å². The second kappa shape index (κ2) is 6.01. The number of phenolic OH excluding ortho intramolecular Hbond substituents is 1. The maximum Gasteiger partial charge on any atom is 0.165 e. The average molecular weight is 237 g/mol. The summed E-state index contributed by atoms with van der Waals surface area (Å²) >= 11 is 0. The van der Waals surface area contributed by atoms with Crippen molar-refractivity contribution in [3.63, 3.8) is 0 Å². The van der Waals surface area contributed by atoms with E-state index in [2.05, 4.69) is 5.32 Å². The van der Waals surface area contributed by atoms with Gasteiger partial charge in [-0.2, -0.15) is 0 Å². The summed E-state index contributed by atoms with van der Waals surface area (Å²) in [5.41, 5.74) is 0.636. The van der Waals surface area contributed by atoms with Gasteiger partial charge in [0.05, 0.1) is 0 Å². The van der Waals surface area contributed by atoms with E-state index in [-0.39, 0.29) is 5.75 Å². The van der Waals surface area contributed by atoms with Crippen molar-refractivity contribution in [2.75, 3.05) is 6.54 Å². The maximum atomic E-state index is 13.1. The third kappa shape index (κ3) is 3.43. The van der Waals surface area contributed by atoms with E-state index in [1.54, 1.807) is 12.1 Å². The Morgan fingerprint density at radius 3 is 2.82 bits per heavy atom. The van der Waals surface area contributed by atoms with Gasteiger partial charge in [0.2, 0.25) is 0 Å². The van der Waals surface area contributed by atoms with Crippen LogP contribution in [0.1, 0.15) is 37.7 Å². The molecular weight excluding hydrogens is 217 g/mol. The third-order valence-corrected chi connectivity index (χ3v) is 3.59. The van der Waals surface area contributed by atoms with Gasteiger partial charge in [-0.15, -0.1) is 0 Å². The van der Waals surface area contributed by atoms with Crippen molar-refractivity contribution in [1.82, 2.24) is 5.32 Å². The highest BCUT2D eigenvalue weighted by molar-refractivity contribution is 5.33. The number of aromatic hydroxyl groups is 1. The van der Waals surface area contributed by atoms with Gasteiger partial charge in [0.15, 0.2) is 11.6 Å². The fourth-order valence-electron chi connectivity index (χ4n) is 2.53. The molecule has 1 aromatic rings. The summed E-state index contributed by atoms with van der Waals surface area (Å²) in [5, 5.41) is 12.8. The first-order valence-corrected chi connectivity index (χ1v) is 6.44. The Morgan fingerprint density at radius 2 is 2.06 bits per heavy atom. The molecule has 1 fully saturated rings. The monoisotopic (exact) mass is 237 g/mol. The molecule has 0 heterocycles. The molecule has 2 N–H and O–H groups in total. The van der Waals surface area contributed by atoms with E-state index in [0.29, 0.717) is 12.1 Å². The largest absolute Gasteiger partial charge is 0.505 e. The van der Waals surface area contributed by atoms with Crippen LogP contribution >= 0.6 is 0 Å². The lowest BCUT2D eigenvalue weighted by atomic mass is 10.0. The van der Waals surface area contributed by atoms with Crippen LogP contribution in [0, 0.1) is 11.7 Å². The van der Waals surface area contributed by atoms with Crippen molar-refractivity contribution in [2.24, 2.45) is 5.92 Å². The smallest absolute Gasteiger partial charge is 0.165 e. The van der Waals surface area contributed by atoms with Crippen LogP contribution in [0.25, 0.3) is 0 Å². The Hall–Kier alpha value is -1.09. The van der Waals surface area contributed by atoms with E-state index in [9.17, 15) is 9.50 Å². The highest BCUT2D eigenvalue weighted by Gasteiger charge is 2.14. The highest BCUT2D eigenvalue weighted by atomic mass is 19.1. The zero-order valence-corrected chi connectivity index (χ0v) is 10.1. The van der Waals surface area contributed by atoms with Crippen molar-refractivity contribution < 1.29 is 9.50 Å². The van der Waals surface area contributed by atoms with E-state index >= 15 is 0 Å². The molecule has 0 radical (unpaired) electrons. The average Bonchev–Trinajstić information content (AvgIpc) is 2.83. The summed E-state index contributed by atoms with van der Waals surface area (Å²) < 4.78 is 13.1. The van der Waals surface area contributed by atoms with Crippen molar-refractivity contribution in [3.05, 3.63) is 29.6 Å². The minimum absolute atomic E-state index is 0.221. The number of para-hydroxylation sites is 1. The molecule has 1 aliphatic rings. The van der Waals surface area contributed by atoms with E-state index in [4.69, 9.17) is 0 Å². The van der Waals surface area contributed by atoms with Gasteiger partial charge >= 0.3 is 0 Å². The summed E-state index contributed by atoms with van der Waals surface area (Å²) in [7, 11) is 0. The molecule has 0 aromatic heterocycles. The molecule has 3 heteroatoms. The van der Waals surface area contributed by atoms with E-state index in [0.717, 1.165) is 12.5 Å². The molecule has 17 heavy (non-hydrogen) atoms. The quantitative estimate of drug-likeness (QED) is 0.771. The third-order valence-electron chi connectivity index (χ3n) is 3.59. The molecule has 1 aromatic carbocycles. The first-order valence-electron chi connectivity index (χ1n) is 6.44. The van der Waals surface area contributed by atoms with Gasteiger partial charge < -0.3 is 10.4 Å². The standard InChI is InChI=1S/C14H20FNO/c15-13-7-3-6-12(14(13)17)10-16-9-8-11-4-1-2-5-11/h3,6-7,11,16-17H,1-2,4-5,8-10H2. The van der Waals surface area contributed by atoms with Crippen LogP contribution in [0.5, 0.6) is 5.75 Å². The minimum atomic E-state index is -0.542. The molecule has 94 valence electrons. The predicted molar refractivity (Wildman–Crippen MR) is 66.3 cm³/mol. The molecule has 0 aliphatic heterocycles. The molecule has 2 rings (SSSR count). The molecule has 0 atom stereocenters. The van der Waals surface area contributed by atoms with Gasteiger partial charge in [-0.1, -0.05) is 37.8 Å². The van der Waals surface area contributed by atoms with E-state index in [1.807, 2.05) is 0 Å². The van der Waals surface area contributed by atoms with E-state index < -0.39 is 5.82 Å². The number of nitrogens with one attached hydrogen (secondary N) is 1.